The molecule has 1 saturated heterocycles. The monoisotopic (exact) mass is 352 g/mol. The molecule has 1 aliphatic carbocycles. The summed E-state index contributed by atoms with van der Waals surface area (Å²) in [6.07, 6.45) is 5.07. The van der Waals surface area contributed by atoms with Crippen molar-refractivity contribution in [2.45, 2.75) is 45.1 Å². The van der Waals surface area contributed by atoms with Crippen LogP contribution >= 0.6 is 0 Å². The van der Waals surface area contributed by atoms with E-state index in [1.165, 1.54) is 18.2 Å². The number of aliphatic imine (C=N–C) groups is 1. The molecule has 0 amide bonds. The van der Waals surface area contributed by atoms with E-state index in [1.807, 2.05) is 6.07 Å². The number of carbonyl (C=O) groups is 1. The van der Waals surface area contributed by atoms with E-state index in [-0.39, 0.29) is 17.9 Å². The zero-order valence-corrected chi connectivity index (χ0v) is 16.2. The van der Waals surface area contributed by atoms with Gasteiger partial charge in [-0.2, -0.15) is 0 Å². The summed E-state index contributed by atoms with van der Waals surface area (Å²) in [6.45, 7) is 5.35. The number of rotatable bonds is 2. The SMILES string of the molecule is CCC1=CC(C)CC2(C(=O)OC)C3=Nc4ccccc4C3CCN(C)C12. The molecular weight excluding hydrogens is 324 g/mol. The first-order valence-electron chi connectivity index (χ1n) is 9.70. The van der Waals surface area contributed by atoms with E-state index in [4.69, 9.17) is 9.73 Å². The van der Waals surface area contributed by atoms with Gasteiger partial charge in [0.1, 0.15) is 5.41 Å². The largest absolute Gasteiger partial charge is 0.468 e. The molecule has 3 aliphatic rings. The van der Waals surface area contributed by atoms with Crippen molar-refractivity contribution in [1.29, 1.82) is 0 Å². The van der Waals surface area contributed by atoms with Crippen LogP contribution < -0.4 is 0 Å². The van der Waals surface area contributed by atoms with Crippen molar-refractivity contribution in [3.63, 3.8) is 0 Å². The van der Waals surface area contributed by atoms with Gasteiger partial charge in [0.05, 0.1) is 18.8 Å². The Bertz CT molecular complexity index is 797. The minimum absolute atomic E-state index is 0.0363. The van der Waals surface area contributed by atoms with Crippen molar-refractivity contribution in [2.24, 2.45) is 16.3 Å². The van der Waals surface area contributed by atoms with E-state index in [0.29, 0.717) is 5.92 Å². The summed E-state index contributed by atoms with van der Waals surface area (Å²) < 4.78 is 5.43. The zero-order chi connectivity index (χ0) is 18.5. The molecule has 4 nitrogen and oxygen atoms in total. The lowest BCUT2D eigenvalue weighted by Crippen LogP contribution is -2.58. The van der Waals surface area contributed by atoms with Gasteiger partial charge in [-0.25, -0.2) is 0 Å². The molecule has 4 rings (SSSR count). The highest BCUT2D eigenvalue weighted by Gasteiger charge is 2.59. The number of hydrogen-bond acceptors (Lipinski definition) is 4. The molecule has 2 aliphatic heterocycles. The molecular formula is C22H28N2O2. The molecule has 1 aromatic carbocycles. The summed E-state index contributed by atoms with van der Waals surface area (Å²) in [5, 5.41) is 0. The third-order valence-electron chi connectivity index (χ3n) is 6.47. The van der Waals surface area contributed by atoms with Crippen LogP contribution in [0.25, 0.3) is 0 Å². The Morgan fingerprint density at radius 1 is 1.38 bits per heavy atom. The minimum atomic E-state index is -0.691. The lowest BCUT2D eigenvalue weighted by molar-refractivity contribution is -0.152. The third-order valence-corrected chi connectivity index (χ3v) is 6.47. The van der Waals surface area contributed by atoms with Crippen molar-refractivity contribution in [2.75, 3.05) is 20.7 Å². The fourth-order valence-electron chi connectivity index (χ4n) is 5.55. The quantitative estimate of drug-likeness (QED) is 0.594. The number of carbonyl (C=O) groups excluding carboxylic acids is 1. The van der Waals surface area contributed by atoms with Gasteiger partial charge in [0.15, 0.2) is 0 Å². The van der Waals surface area contributed by atoms with E-state index in [9.17, 15) is 4.79 Å². The molecule has 138 valence electrons. The lowest BCUT2D eigenvalue weighted by Gasteiger charge is -2.47. The maximum atomic E-state index is 13.4. The molecule has 0 bridgehead atoms. The van der Waals surface area contributed by atoms with Gasteiger partial charge in [-0.3, -0.25) is 14.7 Å². The molecule has 0 saturated carbocycles. The first kappa shape index (κ1) is 17.5. The Morgan fingerprint density at radius 2 is 2.15 bits per heavy atom. The molecule has 4 heteroatoms. The number of likely N-dealkylation sites (N-methyl/N-ethyl adjacent to an activating group) is 1. The minimum Gasteiger partial charge on any atom is -0.468 e. The number of esters is 1. The van der Waals surface area contributed by atoms with Gasteiger partial charge in [0.2, 0.25) is 0 Å². The van der Waals surface area contributed by atoms with Gasteiger partial charge in [-0.1, -0.05) is 43.7 Å². The molecule has 0 N–H and O–H groups in total. The van der Waals surface area contributed by atoms with Crippen LogP contribution in [-0.4, -0.2) is 43.3 Å². The van der Waals surface area contributed by atoms with E-state index < -0.39 is 5.41 Å². The van der Waals surface area contributed by atoms with E-state index in [0.717, 1.165) is 37.2 Å². The second-order valence-electron chi connectivity index (χ2n) is 8.02. The molecule has 4 unspecified atom stereocenters. The fourth-order valence-corrected chi connectivity index (χ4v) is 5.55. The molecule has 2 heterocycles. The fraction of sp³-hybridized carbons (Fsp3) is 0.545. The predicted molar refractivity (Wildman–Crippen MR) is 104 cm³/mol. The van der Waals surface area contributed by atoms with Gasteiger partial charge < -0.3 is 4.74 Å². The van der Waals surface area contributed by atoms with Crippen LogP contribution in [0.2, 0.25) is 0 Å². The van der Waals surface area contributed by atoms with E-state index >= 15 is 0 Å². The van der Waals surface area contributed by atoms with Crippen molar-refractivity contribution in [1.82, 2.24) is 4.90 Å². The molecule has 0 aromatic heterocycles. The number of ether oxygens (including phenoxy) is 1. The molecule has 4 atom stereocenters. The van der Waals surface area contributed by atoms with Gasteiger partial charge in [-0.15, -0.1) is 0 Å². The van der Waals surface area contributed by atoms with Crippen LogP contribution in [0, 0.1) is 11.3 Å². The smallest absolute Gasteiger partial charge is 0.319 e. The van der Waals surface area contributed by atoms with Crippen LogP contribution in [0.3, 0.4) is 0 Å². The van der Waals surface area contributed by atoms with Crippen molar-refractivity contribution >= 4 is 17.4 Å². The summed E-state index contributed by atoms with van der Waals surface area (Å²) in [4.78, 5) is 20.8. The van der Waals surface area contributed by atoms with Gasteiger partial charge >= 0.3 is 5.97 Å². The van der Waals surface area contributed by atoms with Crippen LogP contribution in [0.15, 0.2) is 40.9 Å². The normalized spacial score (nSPS) is 33.3. The van der Waals surface area contributed by atoms with Crippen LogP contribution in [0.5, 0.6) is 0 Å². The number of para-hydroxylation sites is 1. The summed E-state index contributed by atoms with van der Waals surface area (Å²) in [7, 11) is 3.67. The number of hydrogen-bond donors (Lipinski definition) is 0. The average Bonchev–Trinajstić information content (AvgIpc) is 2.97. The highest BCUT2D eigenvalue weighted by atomic mass is 16.5. The van der Waals surface area contributed by atoms with Crippen LogP contribution in [0.4, 0.5) is 5.69 Å². The number of fused-ring (bicyclic) bond motifs is 5. The van der Waals surface area contributed by atoms with Crippen molar-refractivity contribution < 1.29 is 9.53 Å². The van der Waals surface area contributed by atoms with Gasteiger partial charge in [-0.05, 0) is 50.4 Å². The maximum absolute atomic E-state index is 13.4. The lowest BCUT2D eigenvalue weighted by atomic mass is 9.61. The second kappa shape index (κ2) is 6.34. The van der Waals surface area contributed by atoms with Crippen LogP contribution in [-0.2, 0) is 9.53 Å². The topological polar surface area (TPSA) is 41.9 Å². The highest BCUT2D eigenvalue weighted by Crippen LogP contribution is 2.53. The average molecular weight is 352 g/mol. The Balaban J connectivity index is 1.96. The van der Waals surface area contributed by atoms with Crippen LogP contribution in [0.1, 0.15) is 44.6 Å². The van der Waals surface area contributed by atoms with Crippen molar-refractivity contribution in [3.8, 4) is 0 Å². The standard InChI is InChI=1S/C22H28N2O2/c1-5-15-12-14(2)13-22(21(25)26-4)19-17(10-11-24(3)20(15)22)16-8-6-7-9-18(16)23-19/h6-9,12,14,17,20H,5,10-11,13H2,1-4H3. The van der Waals surface area contributed by atoms with E-state index in [1.54, 1.807) is 0 Å². The Hall–Kier alpha value is -1.94. The zero-order valence-electron chi connectivity index (χ0n) is 16.2. The third kappa shape index (κ3) is 2.31. The number of benzene rings is 1. The number of likely N-dealkylation sites (tertiary alicyclic amines) is 1. The maximum Gasteiger partial charge on any atom is 0.319 e. The Kier molecular flexibility index (Phi) is 4.26. The number of allylic oxidation sites excluding steroid dienone is 1. The Morgan fingerprint density at radius 3 is 2.88 bits per heavy atom. The summed E-state index contributed by atoms with van der Waals surface area (Å²) in [5.41, 5.74) is 3.98. The van der Waals surface area contributed by atoms with Gasteiger partial charge in [0.25, 0.3) is 0 Å². The molecule has 26 heavy (non-hydrogen) atoms. The molecule has 0 spiro atoms. The number of nitrogens with zero attached hydrogens (tertiary/aromatic N) is 2. The van der Waals surface area contributed by atoms with Gasteiger partial charge in [0, 0.05) is 11.6 Å². The molecule has 1 aromatic rings. The Labute approximate surface area is 155 Å². The first-order valence-corrected chi connectivity index (χ1v) is 9.70. The van der Waals surface area contributed by atoms with E-state index in [2.05, 4.69) is 50.1 Å². The van der Waals surface area contributed by atoms with Crippen molar-refractivity contribution in [3.05, 3.63) is 41.5 Å². The highest BCUT2D eigenvalue weighted by molar-refractivity contribution is 6.14. The molecule has 1 fully saturated rings. The second-order valence-corrected chi connectivity index (χ2v) is 8.02. The predicted octanol–water partition coefficient (Wildman–Crippen LogP) is 4.10. The summed E-state index contributed by atoms with van der Waals surface area (Å²) >= 11 is 0. The summed E-state index contributed by atoms with van der Waals surface area (Å²) in [5.74, 6) is 0.415. The first-order chi connectivity index (χ1) is 12.5. The summed E-state index contributed by atoms with van der Waals surface area (Å²) in [6, 6.07) is 8.39. The molecule has 0 radical (unpaired) electrons. The number of methoxy groups -OCH3 is 1.